The van der Waals surface area contributed by atoms with Gasteiger partial charge in [-0.05, 0) is 18.6 Å². The number of rotatable bonds is 6. The number of nitrogens with zero attached hydrogens (tertiary/aromatic N) is 1. The summed E-state index contributed by atoms with van der Waals surface area (Å²) in [5.41, 5.74) is -0.0487. The van der Waals surface area contributed by atoms with E-state index in [2.05, 4.69) is 0 Å². The van der Waals surface area contributed by atoms with Crippen molar-refractivity contribution in [2.24, 2.45) is 0 Å². The van der Waals surface area contributed by atoms with Gasteiger partial charge in [0.2, 0.25) is 0 Å². The molecule has 1 aromatic carbocycles. The van der Waals surface area contributed by atoms with Crippen LogP contribution in [0.4, 0.5) is 10.1 Å². The molecule has 0 aliphatic rings. The minimum atomic E-state index is -0.665. The van der Waals surface area contributed by atoms with Crippen molar-refractivity contribution >= 4 is 11.5 Å². The minimum absolute atomic E-state index is 0.00338. The third-order valence-corrected chi connectivity index (χ3v) is 2.44. The van der Waals surface area contributed by atoms with E-state index in [4.69, 9.17) is 0 Å². The smallest absolute Gasteiger partial charge is 0.275 e. The van der Waals surface area contributed by atoms with E-state index in [1.807, 2.05) is 6.92 Å². The summed E-state index contributed by atoms with van der Waals surface area (Å²) in [6.07, 6.45) is 2.08. The lowest BCUT2D eigenvalue weighted by Crippen LogP contribution is -2.05. The summed E-state index contributed by atoms with van der Waals surface area (Å²) < 4.78 is 12.9. The fraction of sp³-hybridized carbons (Fsp3) is 0.417. The third-order valence-electron chi connectivity index (χ3n) is 2.44. The molecule has 0 aromatic heterocycles. The average Bonchev–Trinajstić information content (AvgIpc) is 2.28. The largest absolute Gasteiger partial charge is 0.299 e. The molecule has 92 valence electrons. The van der Waals surface area contributed by atoms with Crippen molar-refractivity contribution in [3.63, 3.8) is 0 Å². The standard InChI is InChI=1S/C12H14FNO3/c1-2-3-4-11(15)7-9-5-6-10(13)8-12(9)14(16)17/h5-6,8H,2-4,7H2,1H3. The van der Waals surface area contributed by atoms with Gasteiger partial charge in [-0.15, -0.1) is 0 Å². The van der Waals surface area contributed by atoms with E-state index in [9.17, 15) is 19.3 Å². The Morgan fingerprint density at radius 2 is 2.18 bits per heavy atom. The van der Waals surface area contributed by atoms with Crippen LogP contribution in [-0.2, 0) is 11.2 Å². The summed E-state index contributed by atoms with van der Waals surface area (Å²) in [6.45, 7) is 1.97. The van der Waals surface area contributed by atoms with Crippen molar-refractivity contribution in [2.75, 3.05) is 0 Å². The molecule has 0 atom stereocenters. The highest BCUT2D eigenvalue weighted by molar-refractivity contribution is 5.81. The zero-order chi connectivity index (χ0) is 12.8. The van der Waals surface area contributed by atoms with E-state index in [1.54, 1.807) is 0 Å². The summed E-state index contributed by atoms with van der Waals surface area (Å²) in [4.78, 5) is 21.6. The van der Waals surface area contributed by atoms with Crippen LogP contribution in [0.25, 0.3) is 0 Å². The molecule has 0 spiro atoms. The summed E-state index contributed by atoms with van der Waals surface area (Å²) in [5.74, 6) is -0.719. The van der Waals surface area contributed by atoms with Crippen LogP contribution in [0.5, 0.6) is 0 Å². The van der Waals surface area contributed by atoms with Crippen LogP contribution < -0.4 is 0 Å². The minimum Gasteiger partial charge on any atom is -0.299 e. The van der Waals surface area contributed by atoms with Gasteiger partial charge in [-0.3, -0.25) is 14.9 Å². The van der Waals surface area contributed by atoms with Gasteiger partial charge in [0.15, 0.2) is 0 Å². The molecule has 0 radical (unpaired) electrons. The molecule has 0 heterocycles. The number of Topliss-reactive ketones (excluding diaryl/α,β-unsaturated/α-hetero) is 1. The Kier molecular flexibility index (Phi) is 4.75. The first-order chi connectivity index (χ1) is 8.04. The van der Waals surface area contributed by atoms with Crippen molar-refractivity contribution in [1.82, 2.24) is 0 Å². The third kappa shape index (κ3) is 3.94. The first-order valence-electron chi connectivity index (χ1n) is 5.49. The van der Waals surface area contributed by atoms with Gasteiger partial charge >= 0.3 is 0 Å². The Morgan fingerprint density at radius 1 is 1.47 bits per heavy atom. The van der Waals surface area contributed by atoms with E-state index < -0.39 is 10.7 Å². The van der Waals surface area contributed by atoms with Gasteiger partial charge < -0.3 is 0 Å². The fourth-order valence-electron chi connectivity index (χ4n) is 1.53. The van der Waals surface area contributed by atoms with E-state index in [0.717, 1.165) is 25.0 Å². The highest BCUT2D eigenvalue weighted by Crippen LogP contribution is 2.21. The van der Waals surface area contributed by atoms with E-state index in [1.165, 1.54) is 6.07 Å². The normalized spacial score (nSPS) is 10.2. The molecule has 0 saturated heterocycles. The average molecular weight is 239 g/mol. The van der Waals surface area contributed by atoms with Gasteiger partial charge in [0.05, 0.1) is 11.0 Å². The Morgan fingerprint density at radius 3 is 2.76 bits per heavy atom. The number of carbonyl (C=O) groups is 1. The number of carbonyl (C=O) groups excluding carboxylic acids is 1. The Labute approximate surface area is 98.6 Å². The maximum atomic E-state index is 12.9. The zero-order valence-corrected chi connectivity index (χ0v) is 9.61. The molecule has 0 saturated carbocycles. The van der Waals surface area contributed by atoms with Gasteiger partial charge in [-0.25, -0.2) is 4.39 Å². The molecule has 1 aromatic rings. The molecule has 0 N–H and O–H groups in total. The lowest BCUT2D eigenvalue weighted by molar-refractivity contribution is -0.385. The molecule has 0 unspecified atom stereocenters. The number of hydrogen-bond donors (Lipinski definition) is 0. The first-order valence-corrected chi connectivity index (χ1v) is 5.49. The predicted molar refractivity (Wildman–Crippen MR) is 61.3 cm³/mol. The van der Waals surface area contributed by atoms with Gasteiger partial charge in [-0.1, -0.05) is 13.3 Å². The van der Waals surface area contributed by atoms with Crippen LogP contribution in [0.1, 0.15) is 31.7 Å². The second-order valence-corrected chi connectivity index (χ2v) is 3.85. The lowest BCUT2D eigenvalue weighted by Gasteiger charge is -2.02. The van der Waals surface area contributed by atoms with Crippen molar-refractivity contribution in [2.45, 2.75) is 32.6 Å². The second-order valence-electron chi connectivity index (χ2n) is 3.85. The van der Waals surface area contributed by atoms with Gasteiger partial charge in [0.25, 0.3) is 5.69 Å². The lowest BCUT2D eigenvalue weighted by atomic mass is 10.0. The molecule has 0 fully saturated rings. The van der Waals surface area contributed by atoms with Gasteiger partial charge in [0, 0.05) is 18.4 Å². The van der Waals surface area contributed by atoms with Crippen LogP contribution in [0.3, 0.4) is 0 Å². The fourth-order valence-corrected chi connectivity index (χ4v) is 1.53. The van der Waals surface area contributed by atoms with Crippen LogP contribution in [0.15, 0.2) is 18.2 Å². The van der Waals surface area contributed by atoms with Crippen LogP contribution in [-0.4, -0.2) is 10.7 Å². The molecule has 17 heavy (non-hydrogen) atoms. The highest BCUT2D eigenvalue weighted by Gasteiger charge is 2.17. The molecule has 0 bridgehead atoms. The molecule has 5 heteroatoms. The Hall–Kier alpha value is -1.78. The van der Waals surface area contributed by atoms with Crippen molar-refractivity contribution in [3.8, 4) is 0 Å². The summed E-state index contributed by atoms with van der Waals surface area (Å²) in [6, 6.07) is 3.29. The molecule has 0 aliphatic heterocycles. The van der Waals surface area contributed by atoms with Crippen LogP contribution in [0, 0.1) is 15.9 Å². The van der Waals surface area contributed by atoms with E-state index in [-0.39, 0.29) is 23.5 Å². The monoisotopic (exact) mass is 239 g/mol. The van der Waals surface area contributed by atoms with E-state index >= 15 is 0 Å². The zero-order valence-electron chi connectivity index (χ0n) is 9.61. The van der Waals surface area contributed by atoms with Crippen molar-refractivity contribution in [3.05, 3.63) is 39.7 Å². The molecule has 0 aliphatic carbocycles. The quantitative estimate of drug-likeness (QED) is 0.566. The summed E-state index contributed by atoms with van der Waals surface area (Å²) >= 11 is 0. The maximum absolute atomic E-state index is 12.9. The Bertz CT molecular complexity index is 432. The number of ketones is 1. The number of nitro benzene ring substituents is 1. The molecular weight excluding hydrogens is 225 g/mol. The maximum Gasteiger partial charge on any atom is 0.275 e. The van der Waals surface area contributed by atoms with E-state index in [0.29, 0.717) is 6.42 Å². The van der Waals surface area contributed by atoms with Gasteiger partial charge in [0.1, 0.15) is 11.6 Å². The SMILES string of the molecule is CCCCC(=O)Cc1ccc(F)cc1[N+](=O)[O-]. The topological polar surface area (TPSA) is 60.2 Å². The second kappa shape index (κ2) is 6.08. The predicted octanol–water partition coefficient (Wildman–Crippen LogP) is 3.04. The Balaban J connectivity index is 2.83. The summed E-state index contributed by atoms with van der Waals surface area (Å²) in [5, 5.41) is 10.7. The number of halogens is 1. The molecule has 1 rings (SSSR count). The molecular formula is C12H14FNO3. The molecule has 4 nitrogen and oxygen atoms in total. The summed E-state index contributed by atoms with van der Waals surface area (Å²) in [7, 11) is 0. The highest BCUT2D eigenvalue weighted by atomic mass is 19.1. The number of nitro groups is 1. The first kappa shape index (κ1) is 13.3. The van der Waals surface area contributed by atoms with Gasteiger partial charge in [-0.2, -0.15) is 0 Å². The van der Waals surface area contributed by atoms with Crippen LogP contribution in [0.2, 0.25) is 0 Å². The molecule has 0 amide bonds. The van der Waals surface area contributed by atoms with Crippen molar-refractivity contribution < 1.29 is 14.1 Å². The van der Waals surface area contributed by atoms with Crippen LogP contribution >= 0.6 is 0 Å². The number of unbranched alkanes of at least 4 members (excludes halogenated alkanes) is 1. The van der Waals surface area contributed by atoms with Crippen molar-refractivity contribution in [1.29, 1.82) is 0 Å². The number of hydrogen-bond acceptors (Lipinski definition) is 3. The number of benzene rings is 1.